The van der Waals surface area contributed by atoms with E-state index in [1.807, 2.05) is 36.2 Å². The van der Waals surface area contributed by atoms with Crippen molar-refractivity contribution in [2.45, 2.75) is 45.6 Å². The Hall–Kier alpha value is -2.63. The molecule has 0 saturated carbocycles. The molecule has 0 unspecified atom stereocenters. The summed E-state index contributed by atoms with van der Waals surface area (Å²) >= 11 is 0. The summed E-state index contributed by atoms with van der Waals surface area (Å²) in [5.41, 5.74) is 1.96. The van der Waals surface area contributed by atoms with E-state index in [0.29, 0.717) is 12.1 Å². The van der Waals surface area contributed by atoms with E-state index in [2.05, 4.69) is 22.1 Å². The fourth-order valence-corrected chi connectivity index (χ4v) is 4.62. The van der Waals surface area contributed by atoms with Crippen LogP contribution in [0.3, 0.4) is 0 Å². The molecule has 154 valence electrons. The number of benzene rings is 1. The highest BCUT2D eigenvalue weighted by atomic mass is 16.2. The molecule has 4 rings (SSSR count). The van der Waals surface area contributed by atoms with Gasteiger partial charge in [0.2, 0.25) is 5.91 Å². The number of aromatic nitrogens is 2. The summed E-state index contributed by atoms with van der Waals surface area (Å²) in [7, 11) is 0. The monoisotopic (exact) mass is 394 g/mol. The van der Waals surface area contributed by atoms with Crippen LogP contribution in [-0.4, -0.2) is 57.6 Å². The van der Waals surface area contributed by atoms with Crippen LogP contribution in [0.1, 0.15) is 48.7 Å². The largest absolute Gasteiger partial charge is 0.342 e. The summed E-state index contributed by atoms with van der Waals surface area (Å²) in [6.45, 7) is 5.88. The summed E-state index contributed by atoms with van der Waals surface area (Å²) in [5, 5.41) is 4.36. The number of nitrogens with zero attached hydrogens (tertiary/aromatic N) is 4. The van der Waals surface area contributed by atoms with Gasteiger partial charge in [-0.25, -0.2) is 0 Å². The minimum absolute atomic E-state index is 0.0277. The van der Waals surface area contributed by atoms with Gasteiger partial charge in [-0.05, 0) is 49.7 Å². The van der Waals surface area contributed by atoms with E-state index in [9.17, 15) is 9.59 Å². The highest BCUT2D eigenvalue weighted by molar-refractivity contribution is 5.92. The van der Waals surface area contributed by atoms with Crippen LogP contribution in [0, 0.1) is 5.41 Å². The molecule has 1 aromatic heterocycles. The Balaban J connectivity index is 1.34. The van der Waals surface area contributed by atoms with Gasteiger partial charge in [0, 0.05) is 45.3 Å². The van der Waals surface area contributed by atoms with Gasteiger partial charge in [-0.2, -0.15) is 5.10 Å². The molecule has 2 fully saturated rings. The second kappa shape index (κ2) is 8.39. The zero-order valence-corrected chi connectivity index (χ0v) is 17.2. The molecule has 0 aliphatic carbocycles. The average molecular weight is 395 g/mol. The third-order valence-corrected chi connectivity index (χ3v) is 6.56. The molecule has 2 aliphatic heterocycles. The predicted octanol–water partition coefficient (Wildman–Crippen LogP) is 2.99. The minimum atomic E-state index is 0.0277. The maximum atomic E-state index is 12.8. The summed E-state index contributed by atoms with van der Waals surface area (Å²) in [6, 6.07) is 12.2. The maximum absolute atomic E-state index is 12.8. The molecule has 0 radical (unpaired) electrons. The normalized spacial score (nSPS) is 19.0. The third kappa shape index (κ3) is 4.36. The summed E-state index contributed by atoms with van der Waals surface area (Å²) in [5.74, 6) is 0.301. The molecule has 6 heteroatoms. The zero-order valence-electron chi connectivity index (χ0n) is 17.2. The van der Waals surface area contributed by atoms with Crippen LogP contribution < -0.4 is 0 Å². The second-order valence-corrected chi connectivity index (χ2v) is 8.40. The molecular weight excluding hydrogens is 364 g/mol. The van der Waals surface area contributed by atoms with Crippen LogP contribution in [0.25, 0.3) is 0 Å². The van der Waals surface area contributed by atoms with Crippen molar-refractivity contribution in [1.29, 1.82) is 0 Å². The first-order valence-electron chi connectivity index (χ1n) is 10.7. The number of rotatable bonds is 5. The first kappa shape index (κ1) is 19.7. The van der Waals surface area contributed by atoms with Gasteiger partial charge in [-0.1, -0.05) is 30.3 Å². The topological polar surface area (TPSA) is 58.4 Å². The smallest absolute Gasteiger partial charge is 0.274 e. The van der Waals surface area contributed by atoms with Crippen molar-refractivity contribution in [2.24, 2.45) is 5.41 Å². The lowest BCUT2D eigenvalue weighted by Gasteiger charge is -2.47. The van der Waals surface area contributed by atoms with E-state index in [-0.39, 0.29) is 17.2 Å². The van der Waals surface area contributed by atoms with Crippen molar-refractivity contribution < 1.29 is 9.59 Å². The Bertz CT molecular complexity index is 853. The van der Waals surface area contributed by atoms with Gasteiger partial charge in [-0.15, -0.1) is 0 Å². The number of piperidine rings is 2. The number of amides is 2. The van der Waals surface area contributed by atoms with Gasteiger partial charge in [0.15, 0.2) is 0 Å². The number of likely N-dealkylation sites (tertiary alicyclic amines) is 2. The van der Waals surface area contributed by atoms with Crippen molar-refractivity contribution >= 4 is 11.8 Å². The van der Waals surface area contributed by atoms with Gasteiger partial charge >= 0.3 is 0 Å². The second-order valence-electron chi connectivity index (χ2n) is 8.40. The van der Waals surface area contributed by atoms with Crippen LogP contribution >= 0.6 is 0 Å². The third-order valence-electron chi connectivity index (χ3n) is 6.56. The lowest BCUT2D eigenvalue weighted by molar-refractivity contribution is -0.138. The van der Waals surface area contributed by atoms with Gasteiger partial charge in [0.1, 0.15) is 5.69 Å². The van der Waals surface area contributed by atoms with Crippen LogP contribution in [0.2, 0.25) is 0 Å². The molecule has 2 aromatic rings. The molecule has 2 saturated heterocycles. The van der Waals surface area contributed by atoms with Crippen molar-refractivity contribution in [3.05, 3.63) is 53.9 Å². The van der Waals surface area contributed by atoms with Crippen LogP contribution in [0.15, 0.2) is 42.6 Å². The Morgan fingerprint density at radius 1 is 1.10 bits per heavy atom. The Morgan fingerprint density at radius 3 is 2.55 bits per heavy atom. The molecule has 1 aromatic carbocycles. The first-order valence-corrected chi connectivity index (χ1v) is 10.7. The molecule has 0 bridgehead atoms. The molecule has 6 nitrogen and oxygen atoms in total. The SMILES string of the molecule is CCn1ccc(C(=O)N2CCC3(CCC(=O)N(CCc4ccccc4)C3)CC2)n1. The van der Waals surface area contributed by atoms with Crippen LogP contribution in [0.5, 0.6) is 0 Å². The Morgan fingerprint density at radius 2 is 1.86 bits per heavy atom. The van der Waals surface area contributed by atoms with Gasteiger partial charge in [0.05, 0.1) is 0 Å². The number of hydrogen-bond acceptors (Lipinski definition) is 3. The summed E-state index contributed by atoms with van der Waals surface area (Å²) < 4.78 is 1.79. The molecule has 0 atom stereocenters. The van der Waals surface area contributed by atoms with Crippen molar-refractivity contribution in [3.63, 3.8) is 0 Å². The van der Waals surface area contributed by atoms with Gasteiger partial charge < -0.3 is 9.80 Å². The highest BCUT2D eigenvalue weighted by Crippen LogP contribution is 2.40. The Labute approximate surface area is 172 Å². The quantitative estimate of drug-likeness (QED) is 0.783. The fraction of sp³-hybridized carbons (Fsp3) is 0.522. The van der Waals surface area contributed by atoms with E-state index >= 15 is 0 Å². The maximum Gasteiger partial charge on any atom is 0.274 e. The summed E-state index contributed by atoms with van der Waals surface area (Å²) in [6.07, 6.45) is 6.25. The van der Waals surface area contributed by atoms with Crippen molar-refractivity contribution in [2.75, 3.05) is 26.2 Å². The first-order chi connectivity index (χ1) is 14.1. The minimum Gasteiger partial charge on any atom is -0.342 e. The van der Waals surface area contributed by atoms with E-state index in [0.717, 1.165) is 58.4 Å². The zero-order chi connectivity index (χ0) is 20.3. The number of hydrogen-bond donors (Lipinski definition) is 0. The molecule has 29 heavy (non-hydrogen) atoms. The van der Waals surface area contributed by atoms with Crippen molar-refractivity contribution in [3.8, 4) is 0 Å². The van der Waals surface area contributed by atoms with E-state index in [4.69, 9.17) is 0 Å². The summed E-state index contributed by atoms with van der Waals surface area (Å²) in [4.78, 5) is 29.2. The number of carbonyl (C=O) groups excluding carboxylic acids is 2. The molecule has 3 heterocycles. The molecule has 2 aliphatic rings. The van der Waals surface area contributed by atoms with Crippen LogP contribution in [-0.2, 0) is 17.8 Å². The Kier molecular flexibility index (Phi) is 5.69. The molecule has 1 spiro atoms. The number of carbonyl (C=O) groups is 2. The van der Waals surface area contributed by atoms with E-state index in [1.54, 1.807) is 10.7 Å². The lowest BCUT2D eigenvalue weighted by atomic mass is 9.72. The molecule has 2 amide bonds. The predicted molar refractivity (Wildman–Crippen MR) is 111 cm³/mol. The average Bonchev–Trinajstić information content (AvgIpc) is 3.25. The van der Waals surface area contributed by atoms with E-state index in [1.165, 1.54) is 5.56 Å². The van der Waals surface area contributed by atoms with Gasteiger partial charge in [-0.3, -0.25) is 14.3 Å². The van der Waals surface area contributed by atoms with Crippen LogP contribution in [0.4, 0.5) is 0 Å². The number of aryl methyl sites for hydroxylation is 1. The molecule has 0 N–H and O–H groups in total. The standard InChI is InChI=1S/C23H30N4O2/c1-2-27-15-10-20(24-27)22(29)25-16-12-23(13-17-25)11-8-21(28)26(18-23)14-9-19-6-4-3-5-7-19/h3-7,10,15H,2,8-9,11-14,16-18H2,1H3. The lowest BCUT2D eigenvalue weighted by Crippen LogP contribution is -2.52. The highest BCUT2D eigenvalue weighted by Gasteiger charge is 2.41. The van der Waals surface area contributed by atoms with Gasteiger partial charge in [0.25, 0.3) is 5.91 Å². The fourth-order valence-electron chi connectivity index (χ4n) is 4.62. The van der Waals surface area contributed by atoms with Crippen molar-refractivity contribution in [1.82, 2.24) is 19.6 Å². The van der Waals surface area contributed by atoms with E-state index < -0.39 is 0 Å². The molecular formula is C23H30N4O2.